The smallest absolute Gasteiger partial charge is 0.224 e. The second-order valence-corrected chi connectivity index (χ2v) is 4.65. The monoisotopic (exact) mass is 258 g/mol. The predicted molar refractivity (Wildman–Crippen MR) is 72.4 cm³/mol. The fourth-order valence-electron chi connectivity index (χ4n) is 1.59. The zero-order valence-electron chi connectivity index (χ0n) is 10.7. The predicted octanol–water partition coefficient (Wildman–Crippen LogP) is 2.24. The highest BCUT2D eigenvalue weighted by Gasteiger charge is 2.18. The topological polar surface area (TPSA) is 41.1 Å². The van der Waals surface area contributed by atoms with Crippen LogP contribution in [0, 0.1) is 5.82 Å². The summed E-state index contributed by atoms with van der Waals surface area (Å²) < 4.78 is 13.7. The van der Waals surface area contributed by atoms with Crippen LogP contribution in [-0.4, -0.2) is 42.1 Å². The van der Waals surface area contributed by atoms with E-state index in [1.807, 2.05) is 18.2 Å². The molecule has 4 nitrogen and oxygen atoms in total. The van der Waals surface area contributed by atoms with E-state index in [4.69, 9.17) is 0 Å². The summed E-state index contributed by atoms with van der Waals surface area (Å²) in [5, 5.41) is 2.82. The molecule has 1 rings (SSSR count). The van der Waals surface area contributed by atoms with Gasteiger partial charge in [-0.15, -0.1) is 0 Å². The van der Waals surface area contributed by atoms with Gasteiger partial charge in [0.05, 0.1) is 6.20 Å². The lowest BCUT2D eigenvalue weighted by molar-refractivity contribution is 0.587. The summed E-state index contributed by atoms with van der Waals surface area (Å²) in [5.74, 6) is 1.36. The van der Waals surface area contributed by atoms with Crippen molar-refractivity contribution in [3.05, 3.63) is 12.0 Å². The quantitative estimate of drug-likeness (QED) is 0.847. The second kappa shape index (κ2) is 6.64. The maximum Gasteiger partial charge on any atom is 0.224 e. The zero-order chi connectivity index (χ0) is 12.8. The van der Waals surface area contributed by atoms with Crippen LogP contribution in [0.25, 0.3) is 0 Å². The van der Waals surface area contributed by atoms with E-state index in [2.05, 4.69) is 22.2 Å². The maximum atomic E-state index is 13.7. The largest absolute Gasteiger partial charge is 0.357 e. The van der Waals surface area contributed by atoms with Gasteiger partial charge in [-0.05, 0) is 12.7 Å². The standard InChI is InChI=1S/C11H19FN4S/c1-5-8(7-17-4)16(3)10-9(12)6-14-11(13-2)15-10/h6,8H,5,7H2,1-4H3,(H,13,14,15). The summed E-state index contributed by atoms with van der Waals surface area (Å²) in [7, 11) is 3.59. The average molecular weight is 258 g/mol. The van der Waals surface area contributed by atoms with Crippen LogP contribution in [0.1, 0.15) is 13.3 Å². The van der Waals surface area contributed by atoms with Crippen molar-refractivity contribution >= 4 is 23.5 Å². The molecule has 0 aliphatic rings. The van der Waals surface area contributed by atoms with E-state index >= 15 is 0 Å². The van der Waals surface area contributed by atoms with E-state index < -0.39 is 0 Å². The van der Waals surface area contributed by atoms with Gasteiger partial charge >= 0.3 is 0 Å². The molecule has 0 bridgehead atoms. The van der Waals surface area contributed by atoms with Gasteiger partial charge in [0.25, 0.3) is 0 Å². The Balaban J connectivity index is 2.96. The van der Waals surface area contributed by atoms with Crippen molar-refractivity contribution in [1.29, 1.82) is 0 Å². The number of rotatable bonds is 6. The van der Waals surface area contributed by atoms with Gasteiger partial charge in [-0.1, -0.05) is 6.92 Å². The third kappa shape index (κ3) is 3.46. The van der Waals surface area contributed by atoms with Crippen LogP contribution in [0.5, 0.6) is 0 Å². The molecule has 0 spiro atoms. The fourth-order valence-corrected chi connectivity index (χ4v) is 2.44. The van der Waals surface area contributed by atoms with Crippen molar-refractivity contribution < 1.29 is 4.39 Å². The summed E-state index contributed by atoms with van der Waals surface area (Å²) in [5.41, 5.74) is 0. The van der Waals surface area contributed by atoms with E-state index in [1.54, 1.807) is 18.8 Å². The Morgan fingerprint density at radius 2 is 2.29 bits per heavy atom. The SMILES string of the molecule is CCC(CSC)N(C)c1nc(NC)ncc1F. The molecule has 1 heterocycles. The fraction of sp³-hybridized carbons (Fsp3) is 0.636. The molecule has 0 saturated carbocycles. The second-order valence-electron chi connectivity index (χ2n) is 3.74. The normalized spacial score (nSPS) is 12.3. The molecule has 0 fully saturated rings. The van der Waals surface area contributed by atoms with E-state index in [0.717, 1.165) is 12.2 Å². The minimum absolute atomic E-state index is 0.277. The van der Waals surface area contributed by atoms with Crippen LogP contribution in [0.4, 0.5) is 16.2 Å². The van der Waals surface area contributed by atoms with Crippen molar-refractivity contribution in [1.82, 2.24) is 9.97 Å². The van der Waals surface area contributed by atoms with Gasteiger partial charge in [-0.2, -0.15) is 16.7 Å². The molecule has 0 amide bonds. The minimum Gasteiger partial charge on any atom is -0.357 e. The third-order valence-corrected chi connectivity index (χ3v) is 3.38. The first-order valence-corrected chi connectivity index (χ1v) is 6.95. The van der Waals surface area contributed by atoms with Crippen LogP contribution in [0.2, 0.25) is 0 Å². The van der Waals surface area contributed by atoms with Crippen molar-refractivity contribution in [3.8, 4) is 0 Å². The van der Waals surface area contributed by atoms with Crippen LogP contribution in [-0.2, 0) is 0 Å². The van der Waals surface area contributed by atoms with Crippen LogP contribution in [0.15, 0.2) is 6.20 Å². The molecule has 1 unspecified atom stereocenters. The molecule has 1 atom stereocenters. The van der Waals surface area contributed by atoms with E-state index in [9.17, 15) is 4.39 Å². The molecular weight excluding hydrogens is 239 g/mol. The van der Waals surface area contributed by atoms with Gasteiger partial charge in [0.15, 0.2) is 11.6 Å². The van der Waals surface area contributed by atoms with E-state index in [1.165, 1.54) is 6.20 Å². The number of anilines is 2. The first-order chi connectivity index (χ1) is 8.13. The highest BCUT2D eigenvalue weighted by atomic mass is 32.2. The molecule has 0 aliphatic carbocycles. The summed E-state index contributed by atoms with van der Waals surface area (Å²) in [6, 6.07) is 0.277. The van der Waals surface area contributed by atoms with Gasteiger partial charge in [0, 0.05) is 25.9 Å². The Morgan fingerprint density at radius 1 is 1.59 bits per heavy atom. The average Bonchev–Trinajstić information content (AvgIpc) is 2.35. The minimum atomic E-state index is -0.383. The van der Waals surface area contributed by atoms with Crippen LogP contribution in [0.3, 0.4) is 0 Å². The summed E-state index contributed by atoms with van der Waals surface area (Å²) in [4.78, 5) is 9.89. The number of hydrogen-bond donors (Lipinski definition) is 1. The molecule has 1 aromatic heterocycles. The van der Waals surface area contributed by atoms with E-state index in [0.29, 0.717) is 11.8 Å². The Kier molecular flexibility index (Phi) is 5.47. The lowest BCUT2D eigenvalue weighted by Gasteiger charge is -2.28. The van der Waals surface area contributed by atoms with Gasteiger partial charge in [-0.3, -0.25) is 0 Å². The molecule has 1 N–H and O–H groups in total. The van der Waals surface area contributed by atoms with Crippen molar-refractivity contribution in [3.63, 3.8) is 0 Å². The lowest BCUT2D eigenvalue weighted by atomic mass is 10.2. The molecule has 0 radical (unpaired) electrons. The first-order valence-electron chi connectivity index (χ1n) is 5.56. The van der Waals surface area contributed by atoms with Crippen molar-refractivity contribution in [2.45, 2.75) is 19.4 Å². The van der Waals surface area contributed by atoms with Crippen LogP contribution >= 0.6 is 11.8 Å². The highest BCUT2D eigenvalue weighted by Crippen LogP contribution is 2.20. The Bertz CT molecular complexity index is 361. The molecule has 6 heteroatoms. The number of halogens is 1. The molecule has 0 aliphatic heterocycles. The van der Waals surface area contributed by atoms with Gasteiger partial charge < -0.3 is 10.2 Å². The Labute approximate surface area is 106 Å². The lowest BCUT2D eigenvalue weighted by Crippen LogP contribution is -2.34. The Hall–Kier alpha value is -1.04. The molecule has 17 heavy (non-hydrogen) atoms. The molecule has 0 aromatic carbocycles. The van der Waals surface area contributed by atoms with Gasteiger partial charge in [-0.25, -0.2) is 9.37 Å². The Morgan fingerprint density at radius 3 is 2.82 bits per heavy atom. The van der Waals surface area contributed by atoms with Crippen molar-refractivity contribution in [2.24, 2.45) is 0 Å². The number of hydrogen-bond acceptors (Lipinski definition) is 5. The third-order valence-electron chi connectivity index (χ3n) is 2.66. The summed E-state index contributed by atoms with van der Waals surface area (Å²) in [6.07, 6.45) is 4.21. The first kappa shape index (κ1) is 14.0. The maximum absolute atomic E-state index is 13.7. The number of thioether (sulfide) groups is 1. The van der Waals surface area contributed by atoms with Crippen LogP contribution < -0.4 is 10.2 Å². The molecule has 96 valence electrons. The van der Waals surface area contributed by atoms with Gasteiger partial charge in [0.1, 0.15) is 0 Å². The number of nitrogens with one attached hydrogen (secondary N) is 1. The molecule has 0 saturated heterocycles. The zero-order valence-corrected chi connectivity index (χ0v) is 11.5. The highest BCUT2D eigenvalue weighted by molar-refractivity contribution is 7.98. The van der Waals surface area contributed by atoms with Crippen molar-refractivity contribution in [2.75, 3.05) is 36.3 Å². The summed E-state index contributed by atoms with van der Waals surface area (Å²) in [6.45, 7) is 2.09. The van der Waals surface area contributed by atoms with Gasteiger partial charge in [0.2, 0.25) is 5.95 Å². The summed E-state index contributed by atoms with van der Waals surface area (Å²) >= 11 is 1.75. The number of nitrogens with zero attached hydrogens (tertiary/aromatic N) is 3. The number of aromatic nitrogens is 2. The van der Waals surface area contributed by atoms with E-state index in [-0.39, 0.29) is 11.9 Å². The molecular formula is C11H19FN4S. The molecule has 1 aromatic rings.